The number of imidazole rings is 1. The van der Waals surface area contributed by atoms with Gasteiger partial charge >= 0.3 is 0 Å². The first-order chi connectivity index (χ1) is 9.60. The summed E-state index contributed by atoms with van der Waals surface area (Å²) in [5, 5.41) is 13.0. The number of nitrogens with zero attached hydrogens (tertiary/aromatic N) is 3. The number of hydrogen-bond acceptors (Lipinski definition) is 4. The van der Waals surface area contributed by atoms with E-state index in [9.17, 15) is 5.11 Å². The smallest absolute Gasteiger partial charge is 0.220 e. The largest absolute Gasteiger partial charge is 0.493 e. The Bertz CT molecular complexity index is 746. The molecule has 5 nitrogen and oxygen atoms in total. The van der Waals surface area contributed by atoms with Crippen LogP contribution in [-0.2, 0) is 7.05 Å². The molecule has 0 atom stereocenters. The highest BCUT2D eigenvalue weighted by Crippen LogP contribution is 2.35. The Labute approximate surface area is 124 Å². The molecule has 102 valence electrons. The third-order valence-electron chi connectivity index (χ3n) is 3.22. The summed E-state index contributed by atoms with van der Waals surface area (Å²) in [6, 6.07) is 5.93. The van der Waals surface area contributed by atoms with Gasteiger partial charge in [0.25, 0.3) is 0 Å². The van der Waals surface area contributed by atoms with Crippen LogP contribution in [0.2, 0.25) is 0 Å². The van der Waals surface area contributed by atoms with Crippen molar-refractivity contribution in [3.05, 3.63) is 33.9 Å². The Morgan fingerprint density at radius 3 is 2.90 bits per heavy atom. The number of anilines is 1. The Morgan fingerprint density at radius 1 is 1.40 bits per heavy atom. The van der Waals surface area contributed by atoms with Crippen molar-refractivity contribution in [2.45, 2.75) is 0 Å². The van der Waals surface area contributed by atoms with Gasteiger partial charge in [0, 0.05) is 35.9 Å². The van der Waals surface area contributed by atoms with Gasteiger partial charge in [0.05, 0.1) is 5.69 Å². The summed E-state index contributed by atoms with van der Waals surface area (Å²) in [6.45, 7) is 0. The molecule has 1 aliphatic heterocycles. The summed E-state index contributed by atoms with van der Waals surface area (Å²) in [7, 11) is 3.52. The van der Waals surface area contributed by atoms with E-state index in [1.54, 1.807) is 24.9 Å². The molecule has 1 aromatic carbocycles. The molecule has 3 rings (SSSR count). The van der Waals surface area contributed by atoms with Crippen LogP contribution in [0.25, 0.3) is 11.6 Å². The van der Waals surface area contributed by atoms with Crippen molar-refractivity contribution in [1.29, 1.82) is 0 Å². The van der Waals surface area contributed by atoms with Gasteiger partial charge in [0.15, 0.2) is 0 Å². The maximum atomic E-state index is 10.1. The number of aromatic hydroxyl groups is 1. The second-order valence-corrected chi connectivity index (χ2v) is 5.39. The van der Waals surface area contributed by atoms with Crippen LogP contribution in [0.5, 0.6) is 5.88 Å². The second-order valence-electron chi connectivity index (χ2n) is 4.47. The molecule has 0 radical (unpaired) electrons. The standard InChI is InChI=1S/C14H13BrN4O/c1-16-14-18-12(13(20)19(14)2)5-8-7-17-11-6-9(15)3-4-10(8)11/h3-7,20H,1-2H3,(H,16,18). The number of halogens is 1. The Morgan fingerprint density at radius 2 is 2.20 bits per heavy atom. The van der Waals surface area contributed by atoms with E-state index < -0.39 is 0 Å². The monoisotopic (exact) mass is 332 g/mol. The molecule has 0 bridgehead atoms. The quantitative estimate of drug-likeness (QED) is 0.887. The molecule has 0 amide bonds. The predicted octanol–water partition coefficient (Wildman–Crippen LogP) is 3.19. The third kappa shape index (κ3) is 2.02. The molecule has 2 N–H and O–H groups in total. The molecule has 2 heterocycles. The normalized spacial score (nSPS) is 14.8. The Balaban J connectivity index is 2.06. The minimum absolute atomic E-state index is 0.126. The van der Waals surface area contributed by atoms with E-state index in [0.717, 1.165) is 21.3 Å². The van der Waals surface area contributed by atoms with Crippen LogP contribution in [-0.4, -0.2) is 27.9 Å². The van der Waals surface area contributed by atoms with Crippen molar-refractivity contribution < 1.29 is 5.11 Å². The highest BCUT2D eigenvalue weighted by atomic mass is 79.9. The minimum atomic E-state index is 0.126. The summed E-state index contributed by atoms with van der Waals surface area (Å²) < 4.78 is 2.59. The lowest BCUT2D eigenvalue weighted by atomic mass is 10.1. The molecule has 0 saturated heterocycles. The van der Waals surface area contributed by atoms with Gasteiger partial charge in [0.2, 0.25) is 11.8 Å². The van der Waals surface area contributed by atoms with Gasteiger partial charge in [0.1, 0.15) is 5.69 Å². The molecule has 0 aliphatic carbocycles. The molecule has 6 heteroatoms. The van der Waals surface area contributed by atoms with Crippen LogP contribution in [0.4, 0.5) is 11.6 Å². The van der Waals surface area contributed by atoms with Crippen LogP contribution in [0, 0.1) is 0 Å². The minimum Gasteiger partial charge on any atom is -0.493 e. The summed E-state index contributed by atoms with van der Waals surface area (Å²) in [6.07, 6.45) is 3.61. The average Bonchev–Trinajstić information content (AvgIpc) is 2.95. The third-order valence-corrected chi connectivity index (χ3v) is 3.71. The van der Waals surface area contributed by atoms with Crippen molar-refractivity contribution in [2.75, 3.05) is 12.4 Å². The van der Waals surface area contributed by atoms with Crippen molar-refractivity contribution in [2.24, 2.45) is 12.0 Å². The van der Waals surface area contributed by atoms with E-state index in [1.165, 1.54) is 0 Å². The molecule has 1 aromatic heterocycles. The molecular formula is C14H13BrN4O. The molecule has 0 saturated carbocycles. The van der Waals surface area contributed by atoms with Crippen molar-refractivity contribution in [3.63, 3.8) is 0 Å². The number of hydrogen-bond donors (Lipinski definition) is 2. The first kappa shape index (κ1) is 12.9. The average molecular weight is 333 g/mol. The lowest BCUT2D eigenvalue weighted by Crippen LogP contribution is -1.97. The zero-order valence-electron chi connectivity index (χ0n) is 11.1. The topological polar surface area (TPSA) is 62.4 Å². The molecule has 20 heavy (non-hydrogen) atoms. The molecule has 2 aromatic rings. The Hall–Kier alpha value is -2.08. The van der Waals surface area contributed by atoms with E-state index in [1.807, 2.05) is 24.3 Å². The van der Waals surface area contributed by atoms with Crippen LogP contribution in [0.1, 0.15) is 11.3 Å². The summed E-state index contributed by atoms with van der Waals surface area (Å²) in [5.74, 6) is 0.737. The van der Waals surface area contributed by atoms with Gasteiger partial charge in [-0.25, -0.2) is 4.98 Å². The molecule has 0 fully saturated rings. The number of aromatic nitrogens is 2. The first-order valence-corrected chi connectivity index (χ1v) is 6.88. The number of benzene rings is 1. The predicted molar refractivity (Wildman–Crippen MR) is 84.6 cm³/mol. The fourth-order valence-corrected chi connectivity index (χ4v) is 2.51. The lowest BCUT2D eigenvalue weighted by molar-refractivity contribution is 0.432. The number of aliphatic imine (C=N–C) groups is 1. The maximum absolute atomic E-state index is 10.1. The number of rotatable bonds is 2. The summed E-state index contributed by atoms with van der Waals surface area (Å²) in [5.41, 5.74) is 3.40. The zero-order valence-corrected chi connectivity index (χ0v) is 12.6. The summed E-state index contributed by atoms with van der Waals surface area (Å²) >= 11 is 3.43. The fourth-order valence-electron chi connectivity index (χ4n) is 2.16. The van der Waals surface area contributed by atoms with E-state index in [4.69, 9.17) is 0 Å². The van der Waals surface area contributed by atoms with Crippen molar-refractivity contribution >= 4 is 45.4 Å². The molecular weight excluding hydrogens is 320 g/mol. The van der Waals surface area contributed by atoms with Gasteiger partial charge in [-0.3, -0.25) is 9.56 Å². The SMILES string of the molecule is CNc1nc(C=C2C=Nc3cc(Br)ccc32)c(O)n1C. The van der Waals surface area contributed by atoms with Crippen LogP contribution in [0.15, 0.2) is 27.7 Å². The number of allylic oxidation sites excluding steroid dienone is 1. The maximum Gasteiger partial charge on any atom is 0.220 e. The molecule has 0 spiro atoms. The van der Waals surface area contributed by atoms with Gasteiger partial charge in [-0.05, 0) is 18.2 Å². The fraction of sp³-hybridized carbons (Fsp3) is 0.143. The highest BCUT2D eigenvalue weighted by molar-refractivity contribution is 9.10. The van der Waals surface area contributed by atoms with E-state index in [2.05, 4.69) is 31.2 Å². The second kappa shape index (κ2) is 4.79. The first-order valence-electron chi connectivity index (χ1n) is 6.09. The van der Waals surface area contributed by atoms with E-state index >= 15 is 0 Å². The van der Waals surface area contributed by atoms with Crippen LogP contribution in [0.3, 0.4) is 0 Å². The number of fused-ring (bicyclic) bond motifs is 1. The van der Waals surface area contributed by atoms with Crippen molar-refractivity contribution in [3.8, 4) is 5.88 Å². The molecule has 1 aliphatic rings. The van der Waals surface area contributed by atoms with Gasteiger partial charge < -0.3 is 10.4 Å². The lowest BCUT2D eigenvalue weighted by Gasteiger charge is -2.00. The molecule has 0 unspecified atom stereocenters. The van der Waals surface area contributed by atoms with Gasteiger partial charge in [-0.2, -0.15) is 0 Å². The zero-order chi connectivity index (χ0) is 14.3. The Kier molecular flexibility index (Phi) is 3.10. The van der Waals surface area contributed by atoms with Gasteiger partial charge in [-0.15, -0.1) is 0 Å². The number of nitrogens with one attached hydrogen (secondary N) is 1. The van der Waals surface area contributed by atoms with Crippen molar-refractivity contribution in [1.82, 2.24) is 9.55 Å². The van der Waals surface area contributed by atoms with Gasteiger partial charge in [-0.1, -0.05) is 22.0 Å². The highest BCUT2D eigenvalue weighted by Gasteiger charge is 2.16. The van der Waals surface area contributed by atoms with E-state index in [-0.39, 0.29) is 5.88 Å². The van der Waals surface area contributed by atoms with Crippen LogP contribution < -0.4 is 5.32 Å². The van der Waals surface area contributed by atoms with Crippen LogP contribution >= 0.6 is 15.9 Å². The summed E-state index contributed by atoms with van der Waals surface area (Å²) in [4.78, 5) is 8.70. The van der Waals surface area contributed by atoms with E-state index in [0.29, 0.717) is 11.6 Å².